The van der Waals surface area contributed by atoms with Crippen molar-refractivity contribution < 1.29 is 0 Å². The Labute approximate surface area is 521 Å². The first-order chi connectivity index (χ1) is 41.3. The zero-order valence-corrected chi connectivity index (χ0v) is 54.4. The Morgan fingerprint density at radius 1 is 0.460 bits per heavy atom. The number of hydrogen-bond acceptors (Lipinski definition) is 3. The summed E-state index contributed by atoms with van der Waals surface area (Å²) in [7, 11) is 0. The molecule has 8 aromatic carbocycles. The Morgan fingerprint density at radius 3 is 1.63 bits per heavy atom. The summed E-state index contributed by atoms with van der Waals surface area (Å²) >= 11 is 0. The van der Waals surface area contributed by atoms with Crippen molar-refractivity contribution in [2.75, 3.05) is 14.7 Å². The number of anilines is 8. The highest BCUT2D eigenvalue weighted by Crippen LogP contribution is 2.64. The van der Waals surface area contributed by atoms with Crippen LogP contribution in [0.1, 0.15) is 193 Å². The minimum atomic E-state index is -0.326. The molecule has 0 amide bonds. The van der Waals surface area contributed by atoms with Gasteiger partial charge in [-0.1, -0.05) is 212 Å². The third-order valence-corrected chi connectivity index (χ3v) is 22.7. The predicted octanol–water partition coefficient (Wildman–Crippen LogP) is 20.7. The molecule has 0 saturated heterocycles. The van der Waals surface area contributed by atoms with Gasteiger partial charge < -0.3 is 14.7 Å². The average Bonchev–Trinajstić information content (AvgIpc) is 1.59. The van der Waals surface area contributed by atoms with Crippen LogP contribution in [0.2, 0.25) is 0 Å². The molecule has 3 nitrogen and oxygen atoms in total. The van der Waals surface area contributed by atoms with Crippen LogP contribution >= 0.6 is 0 Å². The molecule has 1 fully saturated rings. The smallest absolute Gasteiger partial charge is 0.252 e. The monoisotopic (exact) mass is 1140 g/mol. The standard InChI is InChI=1S/C83H88BN3/c1-52-26-22-23-31-55(42-52)60-48-66-72-50-63(60)81(13)41-40-80(11,12)64-51-73-68(49-65(64)81)84-67-47-59(87(72)83(15)39-25-24-38-82(66,83)14)34-37-71(67)85(69-35-32-56(77(2,3)4)43-61(69)53-27-18-16-19-28-53)74-45-58(79(8,9)10)46-75(76(74)84)86(73)70-36-33-57(78(5,6)7)44-62(70)54-29-20-17-21-30-54/h16-23,27-37,43-51H,1,24-26,38-42H2,2-15H3. The average molecular weight is 1140 g/mol. The molecule has 0 N–H and O–H groups in total. The van der Waals surface area contributed by atoms with Crippen LogP contribution in [0.4, 0.5) is 45.5 Å². The maximum atomic E-state index is 4.70. The summed E-state index contributed by atoms with van der Waals surface area (Å²) in [6, 6.07) is 61.3. The van der Waals surface area contributed by atoms with Crippen molar-refractivity contribution in [3.63, 3.8) is 0 Å². The van der Waals surface area contributed by atoms with Gasteiger partial charge in [-0.15, -0.1) is 0 Å². The number of rotatable bonds is 5. The van der Waals surface area contributed by atoms with Gasteiger partial charge >= 0.3 is 0 Å². The molecule has 3 atom stereocenters. The van der Waals surface area contributed by atoms with Crippen LogP contribution in [-0.2, 0) is 32.5 Å². The van der Waals surface area contributed by atoms with Gasteiger partial charge in [0.15, 0.2) is 0 Å². The molecule has 87 heavy (non-hydrogen) atoms. The fourth-order valence-corrected chi connectivity index (χ4v) is 17.3. The SMILES string of the molecule is C=C1CC=CC=C(c2cc3c4cc2C2(C)CCC(C)(C)c5cc6c(cc52)B2c5cc(ccc5N(c5ccc(C(C)(C)C)cc5-c5ccccc5)c5cc(C(C)(C)C)cc(c52)N6c2ccc(C(C)(C)C)cc2-c2ccccc2)N4C2(C)CCCCC32C)C1. The number of allylic oxidation sites excluding steroid dienone is 5. The Kier molecular flexibility index (Phi) is 12.2. The van der Waals surface area contributed by atoms with E-state index in [-0.39, 0.29) is 44.7 Å². The minimum Gasteiger partial charge on any atom is -0.334 e. The van der Waals surface area contributed by atoms with Crippen molar-refractivity contribution in [2.24, 2.45) is 0 Å². The Hall–Kier alpha value is -7.56. The molecule has 15 rings (SSSR count). The number of nitrogens with zero attached hydrogens (tertiary/aromatic N) is 3. The molecule has 4 heterocycles. The topological polar surface area (TPSA) is 9.72 Å². The first-order valence-electron chi connectivity index (χ1n) is 32.8. The molecule has 1 saturated carbocycles. The van der Waals surface area contributed by atoms with E-state index in [1.807, 2.05) is 0 Å². The van der Waals surface area contributed by atoms with Crippen molar-refractivity contribution in [2.45, 2.75) is 186 Å². The fraction of sp³-hybridized carbons (Fsp3) is 0.349. The second-order valence-corrected chi connectivity index (χ2v) is 31.7. The molecule has 7 aliphatic rings. The normalized spacial score (nSPS) is 22.2. The summed E-state index contributed by atoms with van der Waals surface area (Å²) in [5, 5.41) is 0. The maximum Gasteiger partial charge on any atom is 0.252 e. The van der Waals surface area contributed by atoms with E-state index in [0.29, 0.717) is 0 Å². The quantitative estimate of drug-likeness (QED) is 0.126. The summed E-state index contributed by atoms with van der Waals surface area (Å²) in [5.74, 6) is 0. The highest BCUT2D eigenvalue weighted by atomic mass is 15.3. The third kappa shape index (κ3) is 8.27. The number of hydrogen-bond donors (Lipinski definition) is 0. The van der Waals surface area contributed by atoms with Crippen molar-refractivity contribution in [3.8, 4) is 22.3 Å². The van der Waals surface area contributed by atoms with Crippen molar-refractivity contribution >= 4 is 74.2 Å². The lowest BCUT2D eigenvalue weighted by Crippen LogP contribution is -2.62. The molecule has 4 heteroatoms. The highest BCUT2D eigenvalue weighted by molar-refractivity contribution is 7.00. The van der Waals surface area contributed by atoms with E-state index in [9.17, 15) is 0 Å². The summed E-state index contributed by atoms with van der Waals surface area (Å²) in [6.07, 6.45) is 15.7. The van der Waals surface area contributed by atoms with Crippen LogP contribution in [-0.4, -0.2) is 12.3 Å². The molecule has 4 aliphatic heterocycles. The fourth-order valence-electron chi connectivity index (χ4n) is 17.3. The van der Waals surface area contributed by atoms with E-state index in [0.717, 1.165) is 38.5 Å². The van der Waals surface area contributed by atoms with Gasteiger partial charge in [-0.3, -0.25) is 0 Å². The largest absolute Gasteiger partial charge is 0.334 e. The first-order valence-corrected chi connectivity index (χ1v) is 32.8. The lowest BCUT2D eigenvalue weighted by Gasteiger charge is -2.51. The minimum absolute atomic E-state index is 0.0573. The zero-order valence-electron chi connectivity index (χ0n) is 54.4. The molecule has 0 aromatic heterocycles. The number of benzene rings is 8. The molecule has 3 aliphatic carbocycles. The number of fused-ring (bicyclic) bond motifs is 7. The van der Waals surface area contributed by atoms with Gasteiger partial charge in [0.1, 0.15) is 0 Å². The van der Waals surface area contributed by atoms with Crippen LogP contribution in [0.5, 0.6) is 0 Å². The third-order valence-electron chi connectivity index (χ3n) is 22.7. The van der Waals surface area contributed by atoms with Crippen LogP contribution < -0.4 is 31.1 Å². The van der Waals surface area contributed by atoms with Gasteiger partial charge in [0.25, 0.3) is 6.71 Å². The lowest BCUT2D eigenvalue weighted by molar-refractivity contribution is 0.195. The molecule has 0 radical (unpaired) electrons. The van der Waals surface area contributed by atoms with E-state index in [2.05, 4.69) is 282 Å². The summed E-state index contributed by atoms with van der Waals surface area (Å²) in [5.41, 5.74) is 32.3. The van der Waals surface area contributed by atoms with Crippen molar-refractivity contribution in [3.05, 3.63) is 227 Å². The van der Waals surface area contributed by atoms with Gasteiger partial charge in [-0.05, 0) is 218 Å². The van der Waals surface area contributed by atoms with Crippen molar-refractivity contribution in [1.82, 2.24) is 0 Å². The molecule has 438 valence electrons. The van der Waals surface area contributed by atoms with Crippen LogP contribution in [0.25, 0.3) is 27.8 Å². The Morgan fingerprint density at radius 2 is 1.02 bits per heavy atom. The molecular weight excluding hydrogens is 1050 g/mol. The summed E-state index contributed by atoms with van der Waals surface area (Å²) in [4.78, 5) is 8.38. The van der Waals surface area contributed by atoms with Gasteiger partial charge in [0.2, 0.25) is 0 Å². The summed E-state index contributed by atoms with van der Waals surface area (Å²) < 4.78 is 0. The second-order valence-electron chi connectivity index (χ2n) is 31.7. The van der Waals surface area contributed by atoms with Gasteiger partial charge in [-0.25, -0.2) is 0 Å². The van der Waals surface area contributed by atoms with Gasteiger partial charge in [-0.2, -0.15) is 0 Å². The second kappa shape index (κ2) is 19.0. The maximum absolute atomic E-state index is 4.70. The van der Waals surface area contributed by atoms with Crippen molar-refractivity contribution in [1.29, 1.82) is 0 Å². The van der Waals surface area contributed by atoms with E-state index >= 15 is 0 Å². The van der Waals surface area contributed by atoms with E-state index in [4.69, 9.17) is 6.58 Å². The first kappa shape index (κ1) is 56.0. The molecule has 3 unspecified atom stereocenters. The van der Waals surface area contributed by atoms with Crippen LogP contribution in [0.15, 0.2) is 182 Å². The molecule has 8 aromatic rings. The predicted molar refractivity (Wildman–Crippen MR) is 374 cm³/mol. The summed E-state index contributed by atoms with van der Waals surface area (Å²) in [6.45, 7) is 39.0. The zero-order chi connectivity index (χ0) is 60.7. The molecule has 0 spiro atoms. The van der Waals surface area contributed by atoms with Gasteiger partial charge in [0.05, 0.1) is 16.9 Å². The molecular formula is C83H88BN3. The Balaban J connectivity index is 1.13. The van der Waals surface area contributed by atoms with E-state index < -0.39 is 0 Å². The van der Waals surface area contributed by atoms with E-state index in [1.54, 1.807) is 0 Å². The van der Waals surface area contributed by atoms with Crippen LogP contribution in [0.3, 0.4) is 0 Å². The highest BCUT2D eigenvalue weighted by Gasteiger charge is 2.59. The van der Waals surface area contributed by atoms with Crippen LogP contribution in [0, 0.1) is 0 Å². The lowest BCUT2D eigenvalue weighted by atomic mass is 9.33. The van der Waals surface area contributed by atoms with E-state index in [1.165, 1.54) is 153 Å². The molecule has 6 bridgehead atoms. The Bertz CT molecular complexity index is 4290. The van der Waals surface area contributed by atoms with Gasteiger partial charge in [0, 0.05) is 56.1 Å².